The maximum Gasteiger partial charge on any atom is 0.238 e. The van der Waals surface area contributed by atoms with Gasteiger partial charge in [0, 0.05) is 11.7 Å². The Balaban J connectivity index is 2.86. The van der Waals surface area contributed by atoms with E-state index in [1.807, 2.05) is 13.8 Å². The fourth-order valence-electron chi connectivity index (χ4n) is 1.87. The summed E-state index contributed by atoms with van der Waals surface area (Å²) in [4.78, 5) is 12.1. The number of nitrogens with one attached hydrogen (secondary N) is 1. The SMILES string of the molecule is CCCC(C)NC(=O)C(C)S(=O)(=O)c1ccc(N)cc1. The van der Waals surface area contributed by atoms with Gasteiger partial charge in [0.2, 0.25) is 5.91 Å². The topological polar surface area (TPSA) is 89.3 Å². The van der Waals surface area contributed by atoms with Crippen LogP contribution in [-0.4, -0.2) is 25.6 Å². The molecule has 0 radical (unpaired) electrons. The van der Waals surface area contributed by atoms with E-state index in [9.17, 15) is 13.2 Å². The standard InChI is InChI=1S/C14H22N2O3S/c1-4-5-10(2)16-14(17)11(3)20(18,19)13-8-6-12(15)7-9-13/h6-11H,4-5,15H2,1-3H3,(H,16,17). The van der Waals surface area contributed by atoms with E-state index < -0.39 is 21.0 Å². The highest BCUT2D eigenvalue weighted by molar-refractivity contribution is 7.92. The summed E-state index contributed by atoms with van der Waals surface area (Å²) >= 11 is 0. The van der Waals surface area contributed by atoms with Gasteiger partial charge in [-0.25, -0.2) is 8.42 Å². The minimum absolute atomic E-state index is 0.0310. The van der Waals surface area contributed by atoms with Crippen LogP contribution >= 0.6 is 0 Å². The van der Waals surface area contributed by atoms with E-state index in [0.717, 1.165) is 12.8 Å². The molecule has 1 aromatic carbocycles. The predicted octanol–water partition coefficient (Wildman–Crippen LogP) is 1.74. The van der Waals surface area contributed by atoms with Crippen molar-refractivity contribution in [1.29, 1.82) is 0 Å². The number of hydrogen-bond acceptors (Lipinski definition) is 4. The molecule has 0 aliphatic rings. The molecule has 0 bridgehead atoms. The fraction of sp³-hybridized carbons (Fsp3) is 0.500. The van der Waals surface area contributed by atoms with E-state index in [2.05, 4.69) is 5.32 Å². The summed E-state index contributed by atoms with van der Waals surface area (Å²) in [5, 5.41) is 1.61. The van der Waals surface area contributed by atoms with Crippen LogP contribution in [0.4, 0.5) is 5.69 Å². The first-order valence-electron chi connectivity index (χ1n) is 6.68. The molecular weight excluding hydrogens is 276 g/mol. The highest BCUT2D eigenvalue weighted by atomic mass is 32.2. The van der Waals surface area contributed by atoms with Crippen molar-refractivity contribution in [3.8, 4) is 0 Å². The smallest absolute Gasteiger partial charge is 0.238 e. The second kappa shape index (κ2) is 6.74. The molecule has 0 spiro atoms. The number of carbonyl (C=O) groups excluding carboxylic acids is 1. The Morgan fingerprint density at radius 1 is 1.25 bits per heavy atom. The van der Waals surface area contributed by atoms with Crippen LogP contribution in [-0.2, 0) is 14.6 Å². The maximum absolute atomic E-state index is 12.3. The van der Waals surface area contributed by atoms with Gasteiger partial charge in [-0.15, -0.1) is 0 Å². The average molecular weight is 298 g/mol. The average Bonchev–Trinajstić information content (AvgIpc) is 2.38. The molecule has 1 rings (SSSR count). The summed E-state index contributed by atoms with van der Waals surface area (Å²) in [5.41, 5.74) is 6.01. The first-order chi connectivity index (χ1) is 9.28. The molecule has 2 unspecified atom stereocenters. The number of benzene rings is 1. The molecule has 1 aromatic rings. The number of amides is 1. The number of hydrogen-bond donors (Lipinski definition) is 2. The maximum atomic E-state index is 12.3. The van der Waals surface area contributed by atoms with Gasteiger partial charge >= 0.3 is 0 Å². The van der Waals surface area contributed by atoms with E-state index in [1.165, 1.54) is 31.2 Å². The molecule has 0 aromatic heterocycles. The quantitative estimate of drug-likeness (QED) is 0.783. The Morgan fingerprint density at radius 2 is 1.80 bits per heavy atom. The summed E-state index contributed by atoms with van der Waals surface area (Å²) in [6, 6.07) is 5.83. The van der Waals surface area contributed by atoms with Crippen LogP contribution in [0, 0.1) is 0 Å². The fourth-order valence-corrected chi connectivity index (χ4v) is 3.14. The molecule has 0 heterocycles. The number of carbonyl (C=O) groups is 1. The van der Waals surface area contributed by atoms with Gasteiger partial charge in [0.25, 0.3) is 0 Å². The minimum Gasteiger partial charge on any atom is -0.399 e. The van der Waals surface area contributed by atoms with Crippen LogP contribution in [0.5, 0.6) is 0 Å². The monoisotopic (exact) mass is 298 g/mol. The molecule has 2 atom stereocenters. The molecule has 0 saturated heterocycles. The van der Waals surface area contributed by atoms with Gasteiger partial charge in [-0.05, 0) is 44.5 Å². The Hall–Kier alpha value is -1.56. The van der Waals surface area contributed by atoms with Crippen LogP contribution in [0.2, 0.25) is 0 Å². The van der Waals surface area contributed by atoms with Gasteiger partial charge in [0.1, 0.15) is 5.25 Å². The van der Waals surface area contributed by atoms with Crippen LogP contribution in [0.25, 0.3) is 0 Å². The highest BCUT2D eigenvalue weighted by Gasteiger charge is 2.30. The molecule has 20 heavy (non-hydrogen) atoms. The van der Waals surface area contributed by atoms with Gasteiger partial charge in [-0.3, -0.25) is 4.79 Å². The molecule has 0 aliphatic heterocycles. The highest BCUT2D eigenvalue weighted by Crippen LogP contribution is 2.18. The van der Waals surface area contributed by atoms with Gasteiger partial charge in [0.05, 0.1) is 4.90 Å². The molecule has 0 saturated carbocycles. The van der Waals surface area contributed by atoms with Crippen molar-refractivity contribution in [2.24, 2.45) is 0 Å². The summed E-state index contributed by atoms with van der Waals surface area (Å²) in [6.45, 7) is 5.28. The Bertz CT molecular complexity index is 552. The number of anilines is 1. The first-order valence-corrected chi connectivity index (χ1v) is 8.23. The zero-order valence-corrected chi connectivity index (χ0v) is 12.9. The Kier molecular flexibility index (Phi) is 5.56. The van der Waals surface area contributed by atoms with Crippen molar-refractivity contribution in [2.75, 3.05) is 5.73 Å². The van der Waals surface area contributed by atoms with E-state index in [-0.39, 0.29) is 10.9 Å². The lowest BCUT2D eigenvalue weighted by Crippen LogP contribution is -2.42. The lowest BCUT2D eigenvalue weighted by molar-refractivity contribution is -0.121. The molecule has 1 amide bonds. The Labute approximate surface area is 120 Å². The molecule has 112 valence electrons. The van der Waals surface area contributed by atoms with Gasteiger partial charge in [-0.2, -0.15) is 0 Å². The van der Waals surface area contributed by atoms with E-state index in [0.29, 0.717) is 5.69 Å². The summed E-state index contributed by atoms with van der Waals surface area (Å²) in [6.07, 6.45) is 1.75. The van der Waals surface area contributed by atoms with Gasteiger partial charge in [-0.1, -0.05) is 13.3 Å². The van der Waals surface area contributed by atoms with Gasteiger partial charge in [0.15, 0.2) is 9.84 Å². The second-order valence-electron chi connectivity index (χ2n) is 4.95. The van der Waals surface area contributed by atoms with Crippen LogP contribution in [0.3, 0.4) is 0 Å². The van der Waals surface area contributed by atoms with Crippen LogP contribution in [0.15, 0.2) is 29.2 Å². The van der Waals surface area contributed by atoms with Crippen molar-refractivity contribution < 1.29 is 13.2 Å². The largest absolute Gasteiger partial charge is 0.399 e. The zero-order valence-electron chi connectivity index (χ0n) is 12.1. The lowest BCUT2D eigenvalue weighted by Gasteiger charge is -2.17. The summed E-state index contributed by atoms with van der Waals surface area (Å²) < 4.78 is 24.6. The van der Waals surface area contributed by atoms with Crippen molar-refractivity contribution in [3.63, 3.8) is 0 Å². The predicted molar refractivity (Wildman–Crippen MR) is 80.0 cm³/mol. The molecular formula is C14H22N2O3S. The third-order valence-electron chi connectivity index (χ3n) is 3.15. The zero-order chi connectivity index (χ0) is 15.3. The van der Waals surface area contributed by atoms with E-state index >= 15 is 0 Å². The van der Waals surface area contributed by atoms with Crippen LogP contribution < -0.4 is 11.1 Å². The normalized spacial score (nSPS) is 14.6. The Morgan fingerprint density at radius 3 is 2.30 bits per heavy atom. The minimum atomic E-state index is -3.68. The number of rotatable bonds is 6. The first kappa shape index (κ1) is 16.5. The van der Waals surface area contributed by atoms with Crippen molar-refractivity contribution in [1.82, 2.24) is 5.32 Å². The lowest BCUT2D eigenvalue weighted by atomic mass is 10.2. The van der Waals surface area contributed by atoms with Crippen LogP contribution in [0.1, 0.15) is 33.6 Å². The third-order valence-corrected chi connectivity index (χ3v) is 5.23. The molecule has 0 fully saturated rings. The number of nitrogen functional groups attached to an aromatic ring is 1. The van der Waals surface area contributed by atoms with E-state index in [1.54, 1.807) is 0 Å². The summed E-state index contributed by atoms with van der Waals surface area (Å²) in [7, 11) is -3.68. The number of nitrogens with two attached hydrogens (primary N) is 1. The molecule has 5 nitrogen and oxygen atoms in total. The molecule has 6 heteroatoms. The van der Waals surface area contributed by atoms with Crippen molar-refractivity contribution >= 4 is 21.4 Å². The number of sulfone groups is 1. The van der Waals surface area contributed by atoms with Crippen molar-refractivity contribution in [3.05, 3.63) is 24.3 Å². The van der Waals surface area contributed by atoms with E-state index in [4.69, 9.17) is 5.73 Å². The van der Waals surface area contributed by atoms with Gasteiger partial charge < -0.3 is 11.1 Å². The molecule has 3 N–H and O–H groups in total. The van der Waals surface area contributed by atoms with Crippen molar-refractivity contribution in [2.45, 2.75) is 49.8 Å². The summed E-state index contributed by atoms with van der Waals surface area (Å²) in [5.74, 6) is -0.470. The third kappa shape index (κ3) is 3.96. The molecule has 0 aliphatic carbocycles. The second-order valence-corrected chi connectivity index (χ2v) is 7.22.